The number of aromatic nitrogens is 3. The molecule has 7 nitrogen and oxygen atoms in total. The van der Waals surface area contributed by atoms with Crippen molar-refractivity contribution in [2.45, 2.75) is 45.4 Å². The van der Waals surface area contributed by atoms with Gasteiger partial charge in [0, 0.05) is 19.1 Å². The molecule has 170 valence electrons. The third kappa shape index (κ3) is 4.41. The fraction of sp³-hybridized carbons (Fsp3) is 0.346. The fourth-order valence-corrected chi connectivity index (χ4v) is 4.31. The first-order valence-electron chi connectivity index (χ1n) is 11.5. The van der Waals surface area contributed by atoms with Crippen molar-refractivity contribution in [2.75, 3.05) is 13.1 Å². The van der Waals surface area contributed by atoms with Gasteiger partial charge < -0.3 is 14.1 Å². The lowest BCUT2D eigenvalue weighted by molar-refractivity contribution is -0.000336. The number of rotatable bonds is 6. The number of benzene rings is 1. The van der Waals surface area contributed by atoms with Crippen LogP contribution in [0.5, 0.6) is 0 Å². The highest BCUT2D eigenvalue weighted by molar-refractivity contribution is 6.06. The Labute approximate surface area is 193 Å². The molecular weight excluding hydrogens is 416 g/mol. The van der Waals surface area contributed by atoms with E-state index in [0.29, 0.717) is 42.4 Å². The van der Waals surface area contributed by atoms with Gasteiger partial charge in [0.05, 0.1) is 36.1 Å². The molecule has 1 amide bonds. The summed E-state index contributed by atoms with van der Waals surface area (Å²) in [4.78, 5) is 20.3. The number of furan rings is 1. The second-order valence-electron chi connectivity index (χ2n) is 8.74. The Balaban J connectivity index is 1.35. The number of fused-ring (bicyclic) bond motifs is 1. The molecule has 5 rings (SSSR count). The summed E-state index contributed by atoms with van der Waals surface area (Å²) in [5.41, 5.74) is 3.12. The van der Waals surface area contributed by atoms with Crippen molar-refractivity contribution >= 4 is 16.9 Å². The standard InChI is InChI=1S/C26H28N4O3/c1-18(2)30-25-22(16-27-30)21(15-23(28-25)24-9-6-14-32-24)26(31)29-12-10-20(11-13-29)33-17-19-7-4-3-5-8-19/h3-9,14-16,18,20H,10-13,17H2,1-2H3. The van der Waals surface area contributed by atoms with Crippen LogP contribution in [0.4, 0.5) is 0 Å². The van der Waals surface area contributed by atoms with E-state index < -0.39 is 0 Å². The summed E-state index contributed by atoms with van der Waals surface area (Å²) in [6, 6.07) is 15.8. The summed E-state index contributed by atoms with van der Waals surface area (Å²) < 4.78 is 13.5. The molecule has 0 aliphatic carbocycles. The van der Waals surface area contributed by atoms with Crippen LogP contribution < -0.4 is 0 Å². The summed E-state index contributed by atoms with van der Waals surface area (Å²) in [5, 5.41) is 5.27. The molecule has 0 spiro atoms. The number of likely N-dealkylation sites (tertiary alicyclic amines) is 1. The molecule has 1 aliphatic heterocycles. The highest BCUT2D eigenvalue weighted by Gasteiger charge is 2.27. The van der Waals surface area contributed by atoms with Crippen LogP contribution in [0.25, 0.3) is 22.5 Å². The number of piperidine rings is 1. The first-order valence-corrected chi connectivity index (χ1v) is 11.5. The van der Waals surface area contributed by atoms with Gasteiger partial charge in [-0.15, -0.1) is 0 Å². The van der Waals surface area contributed by atoms with Gasteiger partial charge in [-0.25, -0.2) is 9.67 Å². The Morgan fingerprint density at radius 1 is 1.15 bits per heavy atom. The van der Waals surface area contributed by atoms with E-state index in [1.165, 1.54) is 5.56 Å². The highest BCUT2D eigenvalue weighted by atomic mass is 16.5. The minimum absolute atomic E-state index is 0.0000200. The monoisotopic (exact) mass is 444 g/mol. The zero-order valence-corrected chi connectivity index (χ0v) is 19.0. The fourth-order valence-electron chi connectivity index (χ4n) is 4.31. The summed E-state index contributed by atoms with van der Waals surface area (Å²) in [5.74, 6) is 0.635. The van der Waals surface area contributed by atoms with Gasteiger partial charge >= 0.3 is 0 Å². The van der Waals surface area contributed by atoms with Gasteiger partial charge in [-0.05, 0) is 50.5 Å². The third-order valence-electron chi connectivity index (χ3n) is 6.12. The van der Waals surface area contributed by atoms with Crippen LogP contribution in [0.3, 0.4) is 0 Å². The van der Waals surface area contributed by atoms with E-state index in [9.17, 15) is 4.79 Å². The molecule has 1 aliphatic rings. The van der Waals surface area contributed by atoms with Gasteiger partial charge in [-0.3, -0.25) is 4.79 Å². The van der Waals surface area contributed by atoms with Crippen LogP contribution >= 0.6 is 0 Å². The third-order valence-corrected chi connectivity index (χ3v) is 6.12. The van der Waals surface area contributed by atoms with Crippen LogP contribution in [0.15, 0.2) is 65.4 Å². The average Bonchev–Trinajstić information content (AvgIpc) is 3.53. The molecule has 33 heavy (non-hydrogen) atoms. The van der Waals surface area contributed by atoms with Crippen molar-refractivity contribution in [3.8, 4) is 11.5 Å². The van der Waals surface area contributed by atoms with E-state index in [1.807, 2.05) is 46.0 Å². The topological polar surface area (TPSA) is 73.4 Å². The predicted molar refractivity (Wildman–Crippen MR) is 126 cm³/mol. The second-order valence-corrected chi connectivity index (χ2v) is 8.74. The quantitative estimate of drug-likeness (QED) is 0.414. The number of hydrogen-bond donors (Lipinski definition) is 0. The number of ether oxygens (including phenoxy) is 1. The SMILES string of the molecule is CC(C)n1ncc2c(C(=O)N3CCC(OCc4ccccc4)CC3)cc(-c3ccco3)nc21. The van der Waals surface area contributed by atoms with E-state index in [-0.39, 0.29) is 18.1 Å². The van der Waals surface area contributed by atoms with Gasteiger partial charge in [0.15, 0.2) is 11.4 Å². The summed E-state index contributed by atoms with van der Waals surface area (Å²) in [6.07, 6.45) is 5.17. The lowest BCUT2D eigenvalue weighted by atomic mass is 10.0. The highest BCUT2D eigenvalue weighted by Crippen LogP contribution is 2.28. The summed E-state index contributed by atoms with van der Waals surface area (Å²) >= 11 is 0. The number of hydrogen-bond acceptors (Lipinski definition) is 5. The minimum Gasteiger partial charge on any atom is -0.463 e. The molecule has 0 N–H and O–H groups in total. The van der Waals surface area contributed by atoms with Gasteiger partial charge in [0.2, 0.25) is 0 Å². The molecule has 4 aromatic rings. The molecule has 0 atom stereocenters. The Bertz CT molecular complexity index is 1220. The molecule has 0 bridgehead atoms. The van der Waals surface area contributed by atoms with Gasteiger partial charge in [-0.2, -0.15) is 5.10 Å². The van der Waals surface area contributed by atoms with Crippen LogP contribution in [-0.4, -0.2) is 44.8 Å². The van der Waals surface area contributed by atoms with Crippen molar-refractivity contribution in [1.82, 2.24) is 19.7 Å². The predicted octanol–water partition coefficient (Wildman–Crippen LogP) is 5.09. The van der Waals surface area contributed by atoms with E-state index in [0.717, 1.165) is 18.2 Å². The van der Waals surface area contributed by atoms with Crippen molar-refractivity contribution in [1.29, 1.82) is 0 Å². The smallest absolute Gasteiger partial charge is 0.254 e. The lowest BCUT2D eigenvalue weighted by Gasteiger charge is -2.32. The lowest BCUT2D eigenvalue weighted by Crippen LogP contribution is -2.41. The van der Waals surface area contributed by atoms with Crippen molar-refractivity contribution < 1.29 is 13.9 Å². The first-order chi connectivity index (χ1) is 16.1. The van der Waals surface area contributed by atoms with Crippen LogP contribution in [-0.2, 0) is 11.3 Å². The molecule has 4 heterocycles. The summed E-state index contributed by atoms with van der Waals surface area (Å²) in [6.45, 7) is 6.03. The van der Waals surface area contributed by atoms with Crippen LogP contribution in [0, 0.1) is 0 Å². The first kappa shape index (κ1) is 21.4. The van der Waals surface area contributed by atoms with E-state index in [4.69, 9.17) is 14.1 Å². The van der Waals surface area contributed by atoms with Gasteiger partial charge in [0.25, 0.3) is 5.91 Å². The summed E-state index contributed by atoms with van der Waals surface area (Å²) in [7, 11) is 0. The van der Waals surface area contributed by atoms with Crippen LogP contribution in [0.1, 0.15) is 48.7 Å². The second kappa shape index (κ2) is 9.19. The van der Waals surface area contributed by atoms with Gasteiger partial charge in [-0.1, -0.05) is 30.3 Å². The molecule has 1 aromatic carbocycles. The molecule has 0 saturated carbocycles. The maximum atomic E-state index is 13.6. The average molecular weight is 445 g/mol. The van der Waals surface area contributed by atoms with Crippen molar-refractivity contribution in [3.63, 3.8) is 0 Å². The number of amides is 1. The molecule has 7 heteroatoms. The van der Waals surface area contributed by atoms with E-state index >= 15 is 0 Å². The molecule has 3 aromatic heterocycles. The Kier molecular flexibility index (Phi) is 5.96. The molecule has 0 radical (unpaired) electrons. The Hall–Kier alpha value is -3.45. The Morgan fingerprint density at radius 3 is 2.64 bits per heavy atom. The number of carbonyl (C=O) groups is 1. The maximum Gasteiger partial charge on any atom is 0.254 e. The zero-order valence-electron chi connectivity index (χ0n) is 19.0. The van der Waals surface area contributed by atoms with Crippen molar-refractivity contribution in [2.24, 2.45) is 0 Å². The normalized spacial score (nSPS) is 14.9. The van der Waals surface area contributed by atoms with E-state index in [1.54, 1.807) is 12.5 Å². The Morgan fingerprint density at radius 2 is 1.94 bits per heavy atom. The van der Waals surface area contributed by atoms with Crippen LogP contribution in [0.2, 0.25) is 0 Å². The van der Waals surface area contributed by atoms with Crippen molar-refractivity contribution in [3.05, 3.63) is 72.1 Å². The number of pyridine rings is 1. The molecule has 1 saturated heterocycles. The molecule has 0 unspecified atom stereocenters. The maximum absolute atomic E-state index is 13.6. The molecular formula is C26H28N4O3. The largest absolute Gasteiger partial charge is 0.463 e. The van der Waals surface area contributed by atoms with Gasteiger partial charge in [0.1, 0.15) is 5.69 Å². The number of nitrogens with zero attached hydrogens (tertiary/aromatic N) is 4. The van der Waals surface area contributed by atoms with E-state index in [2.05, 4.69) is 31.1 Å². The molecule has 1 fully saturated rings. The zero-order chi connectivity index (χ0) is 22.8. The minimum atomic E-state index is 0.0000200. The number of carbonyl (C=O) groups excluding carboxylic acids is 1.